The zero-order chi connectivity index (χ0) is 18.2. The highest BCUT2D eigenvalue weighted by atomic mass is 16.5. The van der Waals surface area contributed by atoms with Crippen molar-refractivity contribution in [3.05, 3.63) is 24.3 Å². The van der Waals surface area contributed by atoms with Gasteiger partial charge in [0.2, 0.25) is 11.8 Å². The number of rotatable bonds is 7. The van der Waals surface area contributed by atoms with E-state index in [2.05, 4.69) is 10.6 Å². The summed E-state index contributed by atoms with van der Waals surface area (Å²) in [6, 6.07) is 7.04. The van der Waals surface area contributed by atoms with Crippen LogP contribution in [0.15, 0.2) is 24.3 Å². The fourth-order valence-electron chi connectivity index (χ4n) is 2.96. The van der Waals surface area contributed by atoms with E-state index in [1.54, 1.807) is 24.3 Å². The predicted molar refractivity (Wildman–Crippen MR) is 92.3 cm³/mol. The monoisotopic (exact) mass is 348 g/mol. The maximum absolute atomic E-state index is 12.1. The average Bonchev–Trinajstić information content (AvgIpc) is 2.58. The van der Waals surface area contributed by atoms with E-state index >= 15 is 0 Å². The van der Waals surface area contributed by atoms with Crippen molar-refractivity contribution < 1.29 is 24.2 Å². The molecule has 0 atom stereocenters. The molecule has 1 aromatic carbocycles. The Morgan fingerprint density at radius 3 is 2.48 bits per heavy atom. The molecule has 1 aliphatic carbocycles. The molecule has 7 nitrogen and oxygen atoms in total. The first-order valence-electron chi connectivity index (χ1n) is 8.46. The van der Waals surface area contributed by atoms with Gasteiger partial charge in [-0.1, -0.05) is 6.07 Å². The molecule has 7 heteroatoms. The number of hydrogen-bond donors (Lipinski definition) is 3. The van der Waals surface area contributed by atoms with Crippen LogP contribution in [0.4, 0.5) is 5.69 Å². The van der Waals surface area contributed by atoms with Gasteiger partial charge in [0.25, 0.3) is 0 Å². The molecule has 0 saturated heterocycles. The Hall–Kier alpha value is -2.57. The number of carboxylic acids is 1. The van der Waals surface area contributed by atoms with Crippen molar-refractivity contribution in [3.63, 3.8) is 0 Å². The van der Waals surface area contributed by atoms with E-state index < -0.39 is 5.97 Å². The van der Waals surface area contributed by atoms with Crippen molar-refractivity contribution in [2.75, 3.05) is 18.5 Å². The van der Waals surface area contributed by atoms with Gasteiger partial charge in [-0.25, -0.2) is 0 Å². The third-order valence-electron chi connectivity index (χ3n) is 4.27. The number of carbonyl (C=O) groups excluding carboxylic acids is 2. The summed E-state index contributed by atoms with van der Waals surface area (Å²) in [6.45, 7) is 2.13. The lowest BCUT2D eigenvalue weighted by molar-refractivity contribution is -0.144. The minimum Gasteiger partial charge on any atom is -0.492 e. The summed E-state index contributed by atoms with van der Waals surface area (Å²) in [5.74, 6) is -0.778. The zero-order valence-corrected chi connectivity index (χ0v) is 14.3. The van der Waals surface area contributed by atoms with Crippen molar-refractivity contribution in [3.8, 4) is 5.75 Å². The molecule has 1 fully saturated rings. The van der Waals surface area contributed by atoms with E-state index in [0.717, 1.165) is 0 Å². The van der Waals surface area contributed by atoms with Crippen LogP contribution in [0.3, 0.4) is 0 Å². The highest BCUT2D eigenvalue weighted by molar-refractivity contribution is 5.88. The number of anilines is 1. The van der Waals surface area contributed by atoms with Crippen LogP contribution < -0.4 is 15.4 Å². The van der Waals surface area contributed by atoms with Gasteiger partial charge in [0.1, 0.15) is 12.4 Å². The third kappa shape index (κ3) is 6.10. The van der Waals surface area contributed by atoms with Gasteiger partial charge in [0, 0.05) is 24.6 Å². The first kappa shape index (κ1) is 18.8. The number of benzene rings is 1. The second kappa shape index (κ2) is 9.05. The van der Waals surface area contributed by atoms with Gasteiger partial charge in [-0.15, -0.1) is 0 Å². The summed E-state index contributed by atoms with van der Waals surface area (Å²) in [5, 5.41) is 14.5. The first-order chi connectivity index (χ1) is 12.0. The van der Waals surface area contributed by atoms with E-state index in [4.69, 9.17) is 9.84 Å². The topological polar surface area (TPSA) is 105 Å². The molecular weight excluding hydrogens is 324 g/mol. The van der Waals surface area contributed by atoms with E-state index in [-0.39, 0.29) is 23.7 Å². The van der Waals surface area contributed by atoms with Crippen molar-refractivity contribution in [1.82, 2.24) is 5.32 Å². The Labute approximate surface area is 146 Å². The van der Waals surface area contributed by atoms with Crippen LogP contribution in [-0.2, 0) is 14.4 Å². The van der Waals surface area contributed by atoms with Crippen LogP contribution in [0.2, 0.25) is 0 Å². The molecule has 1 saturated carbocycles. The lowest BCUT2D eigenvalue weighted by Gasteiger charge is -2.25. The van der Waals surface area contributed by atoms with Crippen LogP contribution in [-0.4, -0.2) is 36.0 Å². The maximum Gasteiger partial charge on any atom is 0.306 e. The lowest BCUT2D eigenvalue weighted by Crippen LogP contribution is -2.36. The fourth-order valence-corrected chi connectivity index (χ4v) is 2.96. The van der Waals surface area contributed by atoms with Crippen LogP contribution in [0.1, 0.15) is 32.6 Å². The Balaban J connectivity index is 1.68. The fraction of sp³-hybridized carbons (Fsp3) is 0.500. The van der Waals surface area contributed by atoms with Crippen LogP contribution in [0.25, 0.3) is 0 Å². The van der Waals surface area contributed by atoms with Crippen molar-refractivity contribution in [1.29, 1.82) is 0 Å². The Morgan fingerprint density at radius 2 is 1.84 bits per heavy atom. The molecule has 0 aliphatic heterocycles. The summed E-state index contributed by atoms with van der Waals surface area (Å²) in [7, 11) is 0. The number of hydrogen-bond acceptors (Lipinski definition) is 4. The summed E-state index contributed by atoms with van der Waals surface area (Å²) in [4.78, 5) is 34.1. The van der Waals surface area contributed by atoms with E-state index in [1.165, 1.54) is 6.92 Å². The predicted octanol–water partition coefficient (Wildman–Crippen LogP) is 2.03. The van der Waals surface area contributed by atoms with E-state index in [0.29, 0.717) is 50.3 Å². The number of aliphatic carboxylic acids is 1. The summed E-state index contributed by atoms with van der Waals surface area (Å²) >= 11 is 0. The van der Waals surface area contributed by atoms with Gasteiger partial charge in [-0.2, -0.15) is 0 Å². The second-order valence-electron chi connectivity index (χ2n) is 6.24. The Morgan fingerprint density at radius 1 is 1.16 bits per heavy atom. The van der Waals surface area contributed by atoms with Gasteiger partial charge in [-0.3, -0.25) is 14.4 Å². The molecule has 0 aromatic heterocycles. The van der Waals surface area contributed by atoms with Gasteiger partial charge in [0.15, 0.2) is 0 Å². The van der Waals surface area contributed by atoms with Gasteiger partial charge >= 0.3 is 5.97 Å². The molecule has 1 aliphatic rings. The number of carbonyl (C=O) groups is 3. The molecule has 2 amide bonds. The molecule has 0 spiro atoms. The molecule has 25 heavy (non-hydrogen) atoms. The van der Waals surface area contributed by atoms with Gasteiger partial charge in [0.05, 0.1) is 12.5 Å². The summed E-state index contributed by atoms with van der Waals surface area (Å²) in [5.41, 5.74) is 0.657. The third-order valence-corrected chi connectivity index (χ3v) is 4.27. The van der Waals surface area contributed by atoms with Crippen molar-refractivity contribution in [2.45, 2.75) is 32.6 Å². The molecule has 0 heterocycles. The van der Waals surface area contributed by atoms with Crippen LogP contribution in [0, 0.1) is 11.8 Å². The molecule has 136 valence electrons. The minimum absolute atomic E-state index is 0.0422. The molecule has 0 unspecified atom stereocenters. The molecule has 1 aromatic rings. The molecule has 2 rings (SSSR count). The van der Waals surface area contributed by atoms with E-state index in [9.17, 15) is 14.4 Å². The second-order valence-corrected chi connectivity index (χ2v) is 6.24. The maximum atomic E-state index is 12.1. The highest BCUT2D eigenvalue weighted by Gasteiger charge is 2.29. The van der Waals surface area contributed by atoms with Crippen LogP contribution in [0.5, 0.6) is 5.75 Å². The zero-order valence-electron chi connectivity index (χ0n) is 14.3. The Bertz CT molecular complexity index is 624. The SMILES string of the molecule is CC(=O)Nc1cccc(OCCNC(=O)C2CCC(C(=O)O)CC2)c1. The molecular formula is C18H24N2O5. The van der Waals surface area contributed by atoms with Gasteiger partial charge < -0.3 is 20.5 Å². The first-order valence-corrected chi connectivity index (χ1v) is 8.46. The van der Waals surface area contributed by atoms with Crippen molar-refractivity contribution >= 4 is 23.5 Å². The summed E-state index contributed by atoms with van der Waals surface area (Å²) < 4.78 is 5.57. The molecule has 0 radical (unpaired) electrons. The Kier molecular flexibility index (Phi) is 6.80. The van der Waals surface area contributed by atoms with Gasteiger partial charge in [-0.05, 0) is 37.8 Å². The summed E-state index contributed by atoms with van der Waals surface area (Å²) in [6.07, 6.45) is 2.34. The average molecular weight is 348 g/mol. The standard InChI is InChI=1S/C18H24N2O5/c1-12(21)20-15-3-2-4-16(11-15)25-10-9-19-17(22)13-5-7-14(8-6-13)18(23)24/h2-4,11,13-14H,5-10H2,1H3,(H,19,22)(H,20,21)(H,23,24). The van der Waals surface area contributed by atoms with Crippen LogP contribution >= 0.6 is 0 Å². The smallest absolute Gasteiger partial charge is 0.306 e. The number of ether oxygens (including phenoxy) is 1. The molecule has 0 bridgehead atoms. The molecule has 3 N–H and O–H groups in total. The highest BCUT2D eigenvalue weighted by Crippen LogP contribution is 2.28. The van der Waals surface area contributed by atoms with Crippen molar-refractivity contribution in [2.24, 2.45) is 11.8 Å². The number of amides is 2. The number of carboxylic acid groups (broad SMARTS) is 1. The minimum atomic E-state index is -0.770. The van der Waals surface area contributed by atoms with E-state index in [1.807, 2.05) is 0 Å². The normalized spacial score (nSPS) is 19.7. The number of nitrogens with one attached hydrogen (secondary N) is 2. The largest absolute Gasteiger partial charge is 0.492 e. The quantitative estimate of drug-likeness (QED) is 0.654. The lowest BCUT2D eigenvalue weighted by atomic mass is 9.81.